The van der Waals surface area contributed by atoms with Crippen LogP contribution in [0.25, 0.3) is 0 Å². The number of amides is 3. The highest BCUT2D eigenvalue weighted by Crippen LogP contribution is 2.40. The monoisotopic (exact) mass is 395 g/mol. The van der Waals surface area contributed by atoms with Crippen LogP contribution in [0.2, 0.25) is 0 Å². The first-order chi connectivity index (χ1) is 12.2. The Labute approximate surface area is 162 Å². The molecule has 0 radical (unpaired) electrons. The molecular weight excluding hydrogens is 370 g/mol. The zero-order valence-corrected chi connectivity index (χ0v) is 17.0. The third-order valence-corrected chi connectivity index (χ3v) is 7.15. The molecule has 0 bridgehead atoms. The predicted molar refractivity (Wildman–Crippen MR) is 104 cm³/mol. The van der Waals surface area contributed by atoms with Crippen molar-refractivity contribution in [3.8, 4) is 0 Å². The van der Waals surface area contributed by atoms with Crippen molar-refractivity contribution in [1.82, 2.24) is 15.8 Å². The van der Waals surface area contributed by atoms with Crippen molar-refractivity contribution in [1.29, 1.82) is 0 Å². The Morgan fingerprint density at radius 3 is 2.73 bits per heavy atom. The molecule has 1 aliphatic heterocycles. The van der Waals surface area contributed by atoms with Crippen LogP contribution in [0.15, 0.2) is 6.07 Å². The lowest BCUT2D eigenvalue weighted by atomic mass is 9.72. The van der Waals surface area contributed by atoms with Gasteiger partial charge in [-0.25, -0.2) is 0 Å². The summed E-state index contributed by atoms with van der Waals surface area (Å²) in [6.45, 7) is 7.34. The summed E-state index contributed by atoms with van der Waals surface area (Å²) < 4.78 is 0. The van der Waals surface area contributed by atoms with E-state index in [9.17, 15) is 14.4 Å². The van der Waals surface area contributed by atoms with Crippen LogP contribution < -0.4 is 10.9 Å². The highest BCUT2D eigenvalue weighted by atomic mass is 32.2. The first-order valence-corrected chi connectivity index (χ1v) is 10.7. The molecule has 3 amide bonds. The van der Waals surface area contributed by atoms with E-state index in [-0.39, 0.29) is 29.0 Å². The second-order valence-corrected chi connectivity index (χ2v) is 10.1. The first-order valence-electron chi connectivity index (χ1n) is 8.86. The molecule has 1 aromatic rings. The maximum absolute atomic E-state index is 12.3. The molecule has 1 saturated heterocycles. The third kappa shape index (κ3) is 4.40. The summed E-state index contributed by atoms with van der Waals surface area (Å²) in [5.41, 5.74) is 6.40. The number of aryl methyl sites for hydroxylation is 1. The number of rotatable bonds is 3. The zero-order valence-electron chi connectivity index (χ0n) is 15.4. The molecule has 0 aromatic carbocycles. The Hall–Kier alpha value is -1.54. The minimum atomic E-state index is -0.386. The van der Waals surface area contributed by atoms with Gasteiger partial charge in [0, 0.05) is 17.2 Å². The molecule has 2 aliphatic rings. The summed E-state index contributed by atoms with van der Waals surface area (Å²) in [5, 5.41) is -0.0918. The van der Waals surface area contributed by atoms with Gasteiger partial charge in [0.15, 0.2) is 0 Å². The van der Waals surface area contributed by atoms with Crippen molar-refractivity contribution in [3.05, 3.63) is 21.4 Å². The van der Waals surface area contributed by atoms with E-state index in [0.717, 1.165) is 19.3 Å². The minimum absolute atomic E-state index is 0.0275. The highest BCUT2D eigenvalue weighted by molar-refractivity contribution is 8.13. The number of carbonyl (C=O) groups is 3. The lowest BCUT2D eigenvalue weighted by Crippen LogP contribution is -2.46. The predicted octanol–water partition coefficient (Wildman–Crippen LogP) is 2.83. The summed E-state index contributed by atoms with van der Waals surface area (Å²) in [4.78, 5) is 39.1. The summed E-state index contributed by atoms with van der Waals surface area (Å²) in [5.74, 6) is 0.640. The zero-order chi connectivity index (χ0) is 18.9. The number of hydrogen-bond acceptors (Lipinski definition) is 5. The topological polar surface area (TPSA) is 78.5 Å². The quantitative estimate of drug-likeness (QED) is 0.772. The van der Waals surface area contributed by atoms with E-state index in [1.807, 2.05) is 6.07 Å². The van der Waals surface area contributed by atoms with Gasteiger partial charge in [0.2, 0.25) is 0 Å². The van der Waals surface area contributed by atoms with Crippen molar-refractivity contribution in [3.63, 3.8) is 0 Å². The summed E-state index contributed by atoms with van der Waals surface area (Å²) >= 11 is 2.72. The lowest BCUT2D eigenvalue weighted by Gasteiger charge is -2.33. The Morgan fingerprint density at radius 1 is 1.31 bits per heavy atom. The average molecular weight is 396 g/mol. The Kier molecular flexibility index (Phi) is 5.62. The van der Waals surface area contributed by atoms with Crippen LogP contribution in [0, 0.1) is 11.3 Å². The van der Waals surface area contributed by atoms with Crippen molar-refractivity contribution in [2.75, 3.05) is 18.8 Å². The summed E-state index contributed by atoms with van der Waals surface area (Å²) in [7, 11) is 0. The second-order valence-electron chi connectivity index (χ2n) is 7.90. The highest BCUT2D eigenvalue weighted by Gasteiger charge is 2.30. The molecular formula is C18H25N3O3S2. The van der Waals surface area contributed by atoms with Gasteiger partial charge in [0.1, 0.15) is 6.54 Å². The van der Waals surface area contributed by atoms with Crippen LogP contribution in [0.1, 0.15) is 47.3 Å². The molecule has 2 heterocycles. The number of carbonyl (C=O) groups excluding carboxylic acids is 3. The molecule has 26 heavy (non-hydrogen) atoms. The maximum atomic E-state index is 12.3. The Bertz CT molecular complexity index is 724. The average Bonchev–Trinajstić information content (AvgIpc) is 3.17. The molecule has 2 N–H and O–H groups in total. The fraction of sp³-hybridized carbons (Fsp3) is 0.611. The number of nitrogens with zero attached hydrogens (tertiary/aromatic N) is 1. The van der Waals surface area contributed by atoms with Crippen LogP contribution in [0.3, 0.4) is 0 Å². The summed E-state index contributed by atoms with van der Waals surface area (Å²) in [6.07, 6.45) is 3.16. The van der Waals surface area contributed by atoms with E-state index < -0.39 is 0 Å². The van der Waals surface area contributed by atoms with E-state index in [1.54, 1.807) is 0 Å². The van der Waals surface area contributed by atoms with Gasteiger partial charge in [-0.15, -0.1) is 11.3 Å². The molecule has 1 atom stereocenters. The van der Waals surface area contributed by atoms with Gasteiger partial charge >= 0.3 is 0 Å². The standard InChI is InChI=1S/C18H25N3O3S2/c1-18(2,3)12-4-5-13-11(8-12)9-14(26-13)16(23)20-19-15(22)10-21-6-7-25-17(21)24/h9,12H,4-8,10H2,1-3H3,(H,19,22)(H,20,23)/t12-/m0/s1. The van der Waals surface area contributed by atoms with Gasteiger partial charge in [-0.05, 0) is 42.2 Å². The fourth-order valence-corrected chi connectivity index (χ4v) is 5.27. The molecule has 8 heteroatoms. The lowest BCUT2D eigenvalue weighted by molar-refractivity contribution is -0.122. The van der Waals surface area contributed by atoms with Crippen LogP contribution in [-0.4, -0.2) is 40.8 Å². The van der Waals surface area contributed by atoms with Gasteiger partial charge in [0.05, 0.1) is 4.88 Å². The van der Waals surface area contributed by atoms with Gasteiger partial charge in [0.25, 0.3) is 17.1 Å². The van der Waals surface area contributed by atoms with E-state index in [2.05, 4.69) is 31.6 Å². The molecule has 1 aromatic heterocycles. The third-order valence-electron chi connectivity index (χ3n) is 5.03. The van der Waals surface area contributed by atoms with Gasteiger partial charge in [-0.3, -0.25) is 25.2 Å². The molecule has 1 fully saturated rings. The number of thioether (sulfide) groups is 1. The largest absolute Gasteiger partial charge is 0.323 e. The first kappa shape index (κ1) is 19.2. The van der Waals surface area contributed by atoms with E-state index in [4.69, 9.17) is 0 Å². The molecule has 0 saturated carbocycles. The number of fused-ring (bicyclic) bond motifs is 1. The second kappa shape index (κ2) is 7.60. The van der Waals surface area contributed by atoms with E-state index in [0.29, 0.717) is 23.1 Å². The number of hydrazine groups is 1. The molecule has 6 nitrogen and oxygen atoms in total. The van der Waals surface area contributed by atoms with Crippen molar-refractivity contribution in [2.45, 2.75) is 40.0 Å². The van der Waals surface area contributed by atoms with Crippen LogP contribution in [0.5, 0.6) is 0 Å². The SMILES string of the molecule is CC(C)(C)[C@H]1CCc2sc(C(=O)NNC(=O)CN3CCSC3=O)cc2C1. The number of hydrogen-bond donors (Lipinski definition) is 2. The molecule has 1 aliphatic carbocycles. The number of thiophene rings is 1. The van der Waals surface area contributed by atoms with E-state index >= 15 is 0 Å². The van der Waals surface area contributed by atoms with E-state index in [1.165, 1.54) is 38.4 Å². The Morgan fingerprint density at radius 2 is 2.08 bits per heavy atom. The van der Waals surface area contributed by atoms with Crippen LogP contribution in [0.4, 0.5) is 4.79 Å². The van der Waals surface area contributed by atoms with Crippen molar-refractivity contribution in [2.24, 2.45) is 11.3 Å². The molecule has 0 unspecified atom stereocenters. The molecule has 3 rings (SSSR count). The molecule has 0 spiro atoms. The van der Waals surface area contributed by atoms with Crippen molar-refractivity contribution < 1.29 is 14.4 Å². The summed E-state index contributed by atoms with van der Waals surface area (Å²) in [6, 6.07) is 1.96. The normalized spacial score (nSPS) is 20.0. The maximum Gasteiger partial charge on any atom is 0.282 e. The minimum Gasteiger partial charge on any atom is -0.323 e. The number of nitrogens with one attached hydrogen (secondary N) is 2. The fourth-order valence-electron chi connectivity index (χ4n) is 3.35. The van der Waals surface area contributed by atoms with Gasteiger partial charge in [-0.2, -0.15) is 0 Å². The van der Waals surface area contributed by atoms with Gasteiger partial charge < -0.3 is 4.90 Å². The smallest absolute Gasteiger partial charge is 0.282 e. The van der Waals surface area contributed by atoms with Crippen LogP contribution >= 0.6 is 23.1 Å². The van der Waals surface area contributed by atoms with Crippen molar-refractivity contribution >= 4 is 40.2 Å². The van der Waals surface area contributed by atoms with Crippen LogP contribution in [-0.2, 0) is 17.6 Å². The Balaban J connectivity index is 1.54. The van der Waals surface area contributed by atoms with Gasteiger partial charge in [-0.1, -0.05) is 32.5 Å². The molecule has 142 valence electrons.